The quantitative estimate of drug-likeness (QED) is 0.552. The number of hydrogen-bond acceptors (Lipinski definition) is 6. The minimum Gasteiger partial charge on any atom is -0.337 e. The second-order valence-electron chi connectivity index (χ2n) is 6.87. The van der Waals surface area contributed by atoms with Gasteiger partial charge in [0.2, 0.25) is 11.1 Å². The molecule has 8 heteroatoms. The number of rotatable bonds is 7. The number of carbonyl (C=O) groups is 1. The van der Waals surface area contributed by atoms with Gasteiger partial charge in [-0.1, -0.05) is 37.2 Å². The summed E-state index contributed by atoms with van der Waals surface area (Å²) in [6.07, 6.45) is 4.42. The van der Waals surface area contributed by atoms with Crippen molar-refractivity contribution >= 4 is 29.0 Å². The van der Waals surface area contributed by atoms with E-state index < -0.39 is 0 Å². The van der Waals surface area contributed by atoms with Crippen LogP contribution in [0, 0.1) is 0 Å². The molecule has 0 fully saturated rings. The molecule has 146 valence electrons. The van der Waals surface area contributed by atoms with Gasteiger partial charge >= 0.3 is 0 Å². The normalized spacial score (nSPS) is 13.5. The number of carbonyl (C=O) groups excluding carboxylic acids is 1. The monoisotopic (exact) mass is 413 g/mol. The molecule has 28 heavy (non-hydrogen) atoms. The van der Waals surface area contributed by atoms with Crippen LogP contribution in [0.1, 0.15) is 35.8 Å². The summed E-state index contributed by atoms with van der Waals surface area (Å²) in [7, 11) is 0. The van der Waals surface area contributed by atoms with Gasteiger partial charge < -0.3 is 4.90 Å². The van der Waals surface area contributed by atoms with Gasteiger partial charge in [-0.2, -0.15) is 4.68 Å². The summed E-state index contributed by atoms with van der Waals surface area (Å²) in [6, 6.07) is 10.4. The topological polar surface area (TPSA) is 63.9 Å². The Morgan fingerprint density at radius 2 is 2.11 bits per heavy atom. The Morgan fingerprint density at radius 3 is 2.93 bits per heavy atom. The number of unbranched alkanes of at least 4 members (excludes halogenated alkanes) is 1. The van der Waals surface area contributed by atoms with Crippen LogP contribution >= 0.6 is 23.1 Å². The molecule has 0 saturated carbocycles. The predicted octanol–water partition coefficient (Wildman–Crippen LogP) is 3.74. The van der Waals surface area contributed by atoms with Crippen LogP contribution in [0.3, 0.4) is 0 Å². The molecule has 6 nitrogen and oxygen atoms in total. The van der Waals surface area contributed by atoms with Gasteiger partial charge in [0, 0.05) is 18.0 Å². The number of aryl methyl sites for hydroxylation is 1. The van der Waals surface area contributed by atoms with Gasteiger partial charge in [0.25, 0.3) is 0 Å². The van der Waals surface area contributed by atoms with Crippen molar-refractivity contribution in [3.63, 3.8) is 0 Å². The summed E-state index contributed by atoms with van der Waals surface area (Å²) in [5, 5.41) is 14.8. The first kappa shape index (κ1) is 19.1. The number of benzene rings is 1. The summed E-state index contributed by atoms with van der Waals surface area (Å²) in [5.74, 6) is 0.473. The number of hydrogen-bond donors (Lipinski definition) is 0. The van der Waals surface area contributed by atoms with E-state index in [1.807, 2.05) is 17.0 Å². The average molecular weight is 414 g/mol. The predicted molar refractivity (Wildman–Crippen MR) is 112 cm³/mol. The van der Waals surface area contributed by atoms with Crippen LogP contribution in [-0.2, 0) is 24.2 Å². The van der Waals surface area contributed by atoms with Crippen molar-refractivity contribution in [1.82, 2.24) is 25.1 Å². The maximum Gasteiger partial charge on any atom is 0.233 e. The average Bonchev–Trinajstić information content (AvgIpc) is 3.39. The zero-order valence-corrected chi connectivity index (χ0v) is 17.5. The first-order chi connectivity index (χ1) is 13.7. The fraction of sp³-hybridized carbons (Fsp3) is 0.400. The highest BCUT2D eigenvalue weighted by molar-refractivity contribution is 7.99. The lowest BCUT2D eigenvalue weighted by molar-refractivity contribution is -0.129. The van der Waals surface area contributed by atoms with Crippen molar-refractivity contribution in [2.45, 2.75) is 44.3 Å². The van der Waals surface area contributed by atoms with Crippen molar-refractivity contribution in [2.24, 2.45) is 0 Å². The molecule has 0 radical (unpaired) electrons. The first-order valence-electron chi connectivity index (χ1n) is 9.58. The summed E-state index contributed by atoms with van der Waals surface area (Å²) in [4.78, 5) is 16.0. The van der Waals surface area contributed by atoms with Crippen LogP contribution in [0.2, 0.25) is 0 Å². The molecule has 1 amide bonds. The third-order valence-corrected chi connectivity index (χ3v) is 6.85. The minimum absolute atomic E-state index is 0.131. The standard InChI is InChI=1S/C20H23N5OS2/c1-2-3-4-15-5-7-17(8-6-15)25-20(21-22-23-25)28-14-19(26)24-11-9-18-16(13-24)10-12-27-18/h5-8,10,12H,2-4,9,11,13-14H2,1H3. The lowest BCUT2D eigenvalue weighted by Crippen LogP contribution is -2.36. The fourth-order valence-corrected chi connectivity index (χ4v) is 4.98. The van der Waals surface area contributed by atoms with Gasteiger partial charge in [0.15, 0.2) is 0 Å². The molecule has 3 aromatic rings. The second-order valence-corrected chi connectivity index (χ2v) is 8.81. The van der Waals surface area contributed by atoms with Gasteiger partial charge in [0.05, 0.1) is 11.4 Å². The molecular formula is C20H23N5OS2. The Bertz CT molecular complexity index is 934. The maximum atomic E-state index is 12.6. The van der Waals surface area contributed by atoms with Crippen LogP contribution in [0.5, 0.6) is 0 Å². The van der Waals surface area contributed by atoms with E-state index in [2.05, 4.69) is 46.0 Å². The minimum atomic E-state index is 0.131. The van der Waals surface area contributed by atoms with Crippen molar-refractivity contribution < 1.29 is 4.79 Å². The van der Waals surface area contributed by atoms with E-state index in [9.17, 15) is 4.79 Å². The third-order valence-electron chi connectivity index (χ3n) is 4.93. The Hall–Kier alpha value is -2.19. The molecule has 0 spiro atoms. The van der Waals surface area contributed by atoms with Crippen molar-refractivity contribution in [3.8, 4) is 5.69 Å². The summed E-state index contributed by atoms with van der Waals surface area (Å²) in [6.45, 7) is 3.70. The number of thiophene rings is 1. The van der Waals surface area contributed by atoms with E-state index in [0.717, 1.165) is 25.1 Å². The smallest absolute Gasteiger partial charge is 0.233 e. The van der Waals surface area contributed by atoms with E-state index in [0.29, 0.717) is 17.5 Å². The number of fused-ring (bicyclic) bond motifs is 1. The summed E-state index contributed by atoms with van der Waals surface area (Å²) >= 11 is 3.17. The summed E-state index contributed by atoms with van der Waals surface area (Å²) in [5.41, 5.74) is 3.52. The van der Waals surface area contributed by atoms with Gasteiger partial charge in [-0.15, -0.1) is 16.4 Å². The van der Waals surface area contributed by atoms with Crippen LogP contribution in [0.15, 0.2) is 40.9 Å². The number of amides is 1. The Balaban J connectivity index is 1.37. The van der Waals surface area contributed by atoms with Gasteiger partial charge in [-0.05, 0) is 64.4 Å². The van der Waals surface area contributed by atoms with E-state index in [4.69, 9.17) is 0 Å². The fourth-order valence-electron chi connectivity index (χ4n) is 3.29. The molecule has 0 aliphatic carbocycles. The Labute approximate surface area is 172 Å². The van der Waals surface area contributed by atoms with Crippen LogP contribution in [0.4, 0.5) is 0 Å². The largest absolute Gasteiger partial charge is 0.337 e. The van der Waals surface area contributed by atoms with E-state index >= 15 is 0 Å². The molecule has 0 atom stereocenters. The Morgan fingerprint density at radius 1 is 1.25 bits per heavy atom. The molecule has 0 saturated heterocycles. The van der Waals surface area contributed by atoms with Crippen molar-refractivity contribution in [3.05, 3.63) is 51.7 Å². The number of nitrogens with zero attached hydrogens (tertiary/aromatic N) is 5. The number of aromatic nitrogens is 4. The second kappa shape index (κ2) is 8.87. The molecule has 1 aliphatic heterocycles. The third kappa shape index (κ3) is 4.28. The van der Waals surface area contributed by atoms with Gasteiger partial charge in [-0.3, -0.25) is 4.79 Å². The van der Waals surface area contributed by atoms with Crippen LogP contribution in [0.25, 0.3) is 5.69 Å². The maximum absolute atomic E-state index is 12.6. The van der Waals surface area contributed by atoms with E-state index in [-0.39, 0.29) is 5.91 Å². The lowest BCUT2D eigenvalue weighted by Gasteiger charge is -2.26. The van der Waals surface area contributed by atoms with Crippen LogP contribution in [-0.4, -0.2) is 43.3 Å². The lowest BCUT2D eigenvalue weighted by atomic mass is 10.1. The molecule has 0 bridgehead atoms. The highest BCUT2D eigenvalue weighted by Gasteiger charge is 2.22. The molecule has 0 N–H and O–H groups in total. The van der Waals surface area contributed by atoms with Gasteiger partial charge in [0.1, 0.15) is 0 Å². The highest BCUT2D eigenvalue weighted by atomic mass is 32.2. The van der Waals surface area contributed by atoms with Gasteiger partial charge in [-0.25, -0.2) is 0 Å². The molecular weight excluding hydrogens is 390 g/mol. The number of thioether (sulfide) groups is 1. The molecule has 2 aromatic heterocycles. The van der Waals surface area contributed by atoms with E-state index in [1.54, 1.807) is 16.0 Å². The van der Waals surface area contributed by atoms with Crippen LogP contribution < -0.4 is 0 Å². The molecule has 0 unspecified atom stereocenters. The summed E-state index contributed by atoms with van der Waals surface area (Å²) < 4.78 is 1.70. The first-order valence-corrected chi connectivity index (χ1v) is 11.4. The zero-order valence-electron chi connectivity index (χ0n) is 15.9. The highest BCUT2D eigenvalue weighted by Crippen LogP contribution is 2.25. The molecule has 1 aromatic carbocycles. The molecule has 3 heterocycles. The number of tetrazole rings is 1. The van der Waals surface area contributed by atoms with E-state index in [1.165, 1.54) is 40.6 Å². The molecule has 1 aliphatic rings. The van der Waals surface area contributed by atoms with Crippen molar-refractivity contribution in [2.75, 3.05) is 12.3 Å². The molecule has 4 rings (SSSR count). The SMILES string of the molecule is CCCCc1ccc(-n2nnnc2SCC(=O)N2CCc3sccc3C2)cc1. The van der Waals surface area contributed by atoms with Crippen molar-refractivity contribution in [1.29, 1.82) is 0 Å². The Kier molecular flexibility index (Phi) is 6.07. The zero-order chi connectivity index (χ0) is 19.3.